The summed E-state index contributed by atoms with van der Waals surface area (Å²) in [5, 5.41) is 0.493. The third kappa shape index (κ3) is 3.37. The van der Waals surface area contributed by atoms with Gasteiger partial charge < -0.3 is 4.18 Å². The van der Waals surface area contributed by atoms with E-state index in [-0.39, 0.29) is 5.52 Å². The molecule has 0 bridgehead atoms. The quantitative estimate of drug-likeness (QED) is 0.485. The summed E-state index contributed by atoms with van der Waals surface area (Å²) in [5.74, 6) is -0.467. The molecular formula is C18H14F3NO3S. The van der Waals surface area contributed by atoms with E-state index >= 15 is 0 Å². The lowest BCUT2D eigenvalue weighted by molar-refractivity contribution is -0.0499. The lowest BCUT2D eigenvalue weighted by atomic mass is 9.97. The number of rotatable bonds is 3. The van der Waals surface area contributed by atoms with Crippen LogP contribution in [-0.4, -0.2) is 18.9 Å². The van der Waals surface area contributed by atoms with Gasteiger partial charge in [-0.15, -0.1) is 0 Å². The largest absolute Gasteiger partial charge is 0.534 e. The van der Waals surface area contributed by atoms with Crippen molar-refractivity contribution in [1.82, 2.24) is 4.98 Å². The van der Waals surface area contributed by atoms with Gasteiger partial charge in [-0.25, -0.2) is 0 Å². The SMILES string of the molecule is Cc1cc(C)cc(-c2ccc(OS(=O)(=O)C(F)(F)F)c3ncccc23)c1. The molecule has 2 aromatic carbocycles. The molecule has 0 saturated carbocycles. The smallest absolute Gasteiger partial charge is 0.374 e. The Hall–Kier alpha value is -2.61. The summed E-state index contributed by atoms with van der Waals surface area (Å²) >= 11 is 0. The summed E-state index contributed by atoms with van der Waals surface area (Å²) in [4.78, 5) is 4.02. The molecule has 0 radical (unpaired) electrons. The van der Waals surface area contributed by atoms with Crippen LogP contribution in [0.15, 0.2) is 48.7 Å². The van der Waals surface area contributed by atoms with Crippen LogP contribution in [0.5, 0.6) is 5.75 Å². The van der Waals surface area contributed by atoms with Crippen molar-refractivity contribution in [1.29, 1.82) is 0 Å². The van der Waals surface area contributed by atoms with E-state index in [2.05, 4.69) is 9.17 Å². The van der Waals surface area contributed by atoms with E-state index in [4.69, 9.17) is 0 Å². The molecule has 136 valence electrons. The first kappa shape index (κ1) is 18.2. The number of hydrogen-bond acceptors (Lipinski definition) is 4. The molecule has 3 aromatic rings. The van der Waals surface area contributed by atoms with Gasteiger partial charge in [-0.3, -0.25) is 4.98 Å². The van der Waals surface area contributed by atoms with Crippen LogP contribution < -0.4 is 4.18 Å². The molecule has 0 aliphatic carbocycles. The lowest BCUT2D eigenvalue weighted by Gasteiger charge is -2.13. The molecule has 0 N–H and O–H groups in total. The van der Waals surface area contributed by atoms with Gasteiger partial charge in [0.25, 0.3) is 0 Å². The standard InChI is InChI=1S/C18H14F3NO3S/c1-11-8-12(2)10-13(9-11)14-5-6-16(17-15(14)4-3-7-22-17)25-26(23,24)18(19,20)21/h3-10H,1-2H3. The second-order valence-electron chi connectivity index (χ2n) is 5.87. The van der Waals surface area contributed by atoms with Crippen LogP contribution in [0, 0.1) is 13.8 Å². The zero-order valence-corrected chi connectivity index (χ0v) is 14.6. The Morgan fingerprint density at radius 1 is 1.00 bits per heavy atom. The third-order valence-corrected chi connectivity index (χ3v) is 4.71. The summed E-state index contributed by atoms with van der Waals surface area (Å²) in [6.45, 7) is 3.87. The minimum absolute atomic E-state index is 0.0389. The molecule has 0 aliphatic rings. The number of pyridine rings is 1. The van der Waals surface area contributed by atoms with E-state index in [0.29, 0.717) is 5.39 Å². The highest BCUT2D eigenvalue weighted by molar-refractivity contribution is 7.88. The highest BCUT2D eigenvalue weighted by atomic mass is 32.2. The van der Waals surface area contributed by atoms with Crippen LogP contribution >= 0.6 is 0 Å². The minimum atomic E-state index is -5.77. The first-order valence-electron chi connectivity index (χ1n) is 7.56. The molecular weight excluding hydrogens is 367 g/mol. The second-order valence-corrected chi connectivity index (χ2v) is 7.41. The van der Waals surface area contributed by atoms with E-state index < -0.39 is 21.4 Å². The Kier molecular flexibility index (Phi) is 4.39. The molecule has 0 spiro atoms. The predicted molar refractivity (Wildman–Crippen MR) is 92.3 cm³/mol. The minimum Gasteiger partial charge on any atom is -0.374 e. The summed E-state index contributed by atoms with van der Waals surface area (Å²) in [6, 6.07) is 11.9. The molecule has 0 unspecified atom stereocenters. The fourth-order valence-corrected chi connectivity index (χ4v) is 3.23. The molecule has 26 heavy (non-hydrogen) atoms. The van der Waals surface area contributed by atoms with Crippen molar-refractivity contribution in [3.8, 4) is 16.9 Å². The highest BCUT2D eigenvalue weighted by Gasteiger charge is 2.48. The fraction of sp³-hybridized carbons (Fsp3) is 0.167. The van der Waals surface area contributed by atoms with Gasteiger partial charge in [-0.1, -0.05) is 35.4 Å². The van der Waals surface area contributed by atoms with Crippen LogP contribution in [-0.2, 0) is 10.1 Å². The average molecular weight is 381 g/mol. The zero-order chi connectivity index (χ0) is 19.1. The molecule has 0 aliphatic heterocycles. The molecule has 0 amide bonds. The van der Waals surface area contributed by atoms with E-state index in [1.807, 2.05) is 32.0 Å². The average Bonchev–Trinajstić information content (AvgIpc) is 2.53. The Balaban J connectivity index is 2.20. The van der Waals surface area contributed by atoms with E-state index in [1.54, 1.807) is 12.1 Å². The second kappa shape index (κ2) is 6.28. The van der Waals surface area contributed by atoms with Gasteiger partial charge >= 0.3 is 15.6 Å². The summed E-state index contributed by atoms with van der Waals surface area (Å²) < 4.78 is 64.8. The zero-order valence-electron chi connectivity index (χ0n) is 13.8. The van der Waals surface area contributed by atoms with Gasteiger partial charge in [0.2, 0.25) is 0 Å². The number of benzene rings is 2. The Bertz CT molecular complexity index is 1070. The maximum absolute atomic E-state index is 12.6. The van der Waals surface area contributed by atoms with Gasteiger partial charge in [-0.05, 0) is 43.2 Å². The van der Waals surface area contributed by atoms with Crippen molar-refractivity contribution in [2.75, 3.05) is 0 Å². The summed E-state index contributed by atoms with van der Waals surface area (Å²) in [7, 11) is -5.77. The predicted octanol–water partition coefficient (Wildman–Crippen LogP) is 4.75. The lowest BCUT2D eigenvalue weighted by Crippen LogP contribution is -2.28. The van der Waals surface area contributed by atoms with Crippen LogP contribution in [0.1, 0.15) is 11.1 Å². The van der Waals surface area contributed by atoms with E-state index in [0.717, 1.165) is 22.3 Å². The Morgan fingerprint density at radius 2 is 1.65 bits per heavy atom. The molecule has 8 heteroatoms. The number of aryl methyl sites for hydroxylation is 2. The molecule has 0 saturated heterocycles. The van der Waals surface area contributed by atoms with Crippen LogP contribution in [0.2, 0.25) is 0 Å². The molecule has 0 fully saturated rings. The van der Waals surface area contributed by atoms with Crippen molar-refractivity contribution >= 4 is 21.0 Å². The number of fused-ring (bicyclic) bond motifs is 1. The van der Waals surface area contributed by atoms with Gasteiger partial charge in [0, 0.05) is 11.6 Å². The third-order valence-electron chi connectivity index (χ3n) is 3.75. The van der Waals surface area contributed by atoms with E-state index in [1.165, 1.54) is 18.3 Å². The molecule has 1 aromatic heterocycles. The highest BCUT2D eigenvalue weighted by Crippen LogP contribution is 2.36. The van der Waals surface area contributed by atoms with Crippen LogP contribution in [0.3, 0.4) is 0 Å². The molecule has 4 nitrogen and oxygen atoms in total. The summed E-state index contributed by atoms with van der Waals surface area (Å²) in [6.07, 6.45) is 1.36. The molecule has 3 rings (SSSR count). The van der Waals surface area contributed by atoms with Crippen molar-refractivity contribution in [3.63, 3.8) is 0 Å². The van der Waals surface area contributed by atoms with Crippen molar-refractivity contribution in [2.45, 2.75) is 19.4 Å². The van der Waals surface area contributed by atoms with Gasteiger partial charge in [0.05, 0.1) is 0 Å². The van der Waals surface area contributed by atoms with Gasteiger partial charge in [0.15, 0.2) is 5.75 Å². The number of alkyl halides is 3. The van der Waals surface area contributed by atoms with Gasteiger partial charge in [-0.2, -0.15) is 21.6 Å². The topological polar surface area (TPSA) is 56.3 Å². The number of nitrogens with zero attached hydrogens (tertiary/aromatic N) is 1. The van der Waals surface area contributed by atoms with Crippen molar-refractivity contribution < 1.29 is 25.8 Å². The number of aromatic nitrogens is 1. The summed E-state index contributed by atoms with van der Waals surface area (Å²) in [5.41, 5.74) is -1.85. The number of halogens is 3. The van der Waals surface area contributed by atoms with E-state index in [9.17, 15) is 21.6 Å². The first-order chi connectivity index (χ1) is 12.1. The van der Waals surface area contributed by atoms with Crippen molar-refractivity contribution in [2.24, 2.45) is 0 Å². The van der Waals surface area contributed by atoms with Crippen LogP contribution in [0.25, 0.3) is 22.0 Å². The Morgan fingerprint density at radius 3 is 2.27 bits per heavy atom. The first-order valence-corrected chi connectivity index (χ1v) is 8.96. The van der Waals surface area contributed by atoms with Gasteiger partial charge in [0.1, 0.15) is 5.52 Å². The maximum Gasteiger partial charge on any atom is 0.534 e. The molecule has 1 heterocycles. The van der Waals surface area contributed by atoms with Crippen molar-refractivity contribution in [3.05, 3.63) is 59.8 Å². The Labute approximate surface area is 148 Å². The van der Waals surface area contributed by atoms with Crippen LogP contribution in [0.4, 0.5) is 13.2 Å². The molecule has 0 atom stereocenters. The maximum atomic E-state index is 12.6. The fourth-order valence-electron chi connectivity index (χ4n) is 2.76. The monoisotopic (exact) mass is 381 g/mol. The number of hydrogen-bond donors (Lipinski definition) is 0. The normalized spacial score (nSPS) is 12.3.